The van der Waals surface area contributed by atoms with Gasteiger partial charge in [0.2, 0.25) is 0 Å². The first-order chi connectivity index (χ1) is 9.30. The molecule has 1 nitrogen and oxygen atoms in total. The van der Waals surface area contributed by atoms with E-state index in [-0.39, 0.29) is 17.3 Å². The fraction of sp³-hybridized carbons (Fsp3) is 0.333. The van der Waals surface area contributed by atoms with Crippen molar-refractivity contribution in [3.05, 3.63) is 70.5 Å². The number of halogens is 1. The van der Waals surface area contributed by atoms with Gasteiger partial charge in [0, 0.05) is 0 Å². The van der Waals surface area contributed by atoms with Crippen LogP contribution in [0.3, 0.4) is 0 Å². The van der Waals surface area contributed by atoms with Crippen molar-refractivity contribution in [1.82, 2.24) is 0 Å². The summed E-state index contributed by atoms with van der Waals surface area (Å²) < 4.78 is 13.2. The van der Waals surface area contributed by atoms with Crippen LogP contribution in [0.1, 0.15) is 49.1 Å². The minimum atomic E-state index is -0.231. The molecular formula is C18H22FN. The molecule has 0 aliphatic heterocycles. The van der Waals surface area contributed by atoms with Crippen LogP contribution in [0.2, 0.25) is 0 Å². The van der Waals surface area contributed by atoms with E-state index in [1.165, 1.54) is 17.7 Å². The maximum absolute atomic E-state index is 13.2. The van der Waals surface area contributed by atoms with Crippen LogP contribution in [0.15, 0.2) is 42.5 Å². The van der Waals surface area contributed by atoms with Gasteiger partial charge in [-0.25, -0.2) is 4.39 Å². The third-order valence-corrected chi connectivity index (χ3v) is 3.67. The second-order valence-electron chi connectivity index (χ2n) is 6.32. The van der Waals surface area contributed by atoms with E-state index in [0.29, 0.717) is 0 Å². The molecule has 2 rings (SSSR count). The SMILES string of the molecule is Cc1cc(F)ccc1C(N)c1ccccc1C(C)(C)C. The molecular weight excluding hydrogens is 249 g/mol. The van der Waals surface area contributed by atoms with Crippen LogP contribution < -0.4 is 5.73 Å². The molecule has 0 aliphatic carbocycles. The standard InChI is InChI=1S/C18H22FN/c1-12-11-13(19)9-10-14(12)17(20)15-7-5-6-8-16(15)18(2,3)4/h5-11,17H,20H2,1-4H3. The molecule has 2 aromatic carbocycles. The summed E-state index contributed by atoms with van der Waals surface area (Å²) in [6, 6.07) is 12.8. The molecule has 2 aromatic rings. The number of benzene rings is 2. The lowest BCUT2D eigenvalue weighted by Crippen LogP contribution is -2.21. The Balaban J connectivity index is 2.51. The number of nitrogens with two attached hydrogens (primary N) is 1. The molecule has 0 heterocycles. The van der Waals surface area contributed by atoms with E-state index in [2.05, 4.69) is 32.9 Å². The van der Waals surface area contributed by atoms with Crippen molar-refractivity contribution in [2.24, 2.45) is 5.73 Å². The van der Waals surface area contributed by atoms with Crippen molar-refractivity contribution < 1.29 is 4.39 Å². The summed E-state index contributed by atoms with van der Waals surface area (Å²) in [7, 11) is 0. The Morgan fingerprint density at radius 2 is 1.65 bits per heavy atom. The number of hydrogen-bond acceptors (Lipinski definition) is 1. The second-order valence-corrected chi connectivity index (χ2v) is 6.32. The van der Waals surface area contributed by atoms with Gasteiger partial charge >= 0.3 is 0 Å². The van der Waals surface area contributed by atoms with Crippen LogP contribution in [0.25, 0.3) is 0 Å². The number of hydrogen-bond donors (Lipinski definition) is 1. The van der Waals surface area contributed by atoms with Gasteiger partial charge in [0.25, 0.3) is 0 Å². The Morgan fingerprint density at radius 1 is 1.00 bits per heavy atom. The topological polar surface area (TPSA) is 26.0 Å². The highest BCUT2D eigenvalue weighted by Gasteiger charge is 2.22. The van der Waals surface area contributed by atoms with E-state index in [1.54, 1.807) is 6.07 Å². The molecule has 0 amide bonds. The maximum atomic E-state index is 13.2. The van der Waals surface area contributed by atoms with Gasteiger partial charge in [0.05, 0.1) is 6.04 Å². The van der Waals surface area contributed by atoms with Gasteiger partial charge in [0.1, 0.15) is 5.82 Å². The van der Waals surface area contributed by atoms with Gasteiger partial charge in [-0.1, -0.05) is 51.1 Å². The van der Waals surface area contributed by atoms with Gasteiger partial charge in [-0.15, -0.1) is 0 Å². The van der Waals surface area contributed by atoms with Crippen LogP contribution in [0, 0.1) is 12.7 Å². The zero-order valence-corrected chi connectivity index (χ0v) is 12.6. The van der Waals surface area contributed by atoms with Gasteiger partial charge in [-0.2, -0.15) is 0 Å². The van der Waals surface area contributed by atoms with E-state index in [1.807, 2.05) is 19.1 Å². The Kier molecular flexibility index (Phi) is 3.96. The summed E-state index contributed by atoms with van der Waals surface area (Å²) in [5, 5.41) is 0. The first-order valence-corrected chi connectivity index (χ1v) is 6.92. The first-order valence-electron chi connectivity index (χ1n) is 6.92. The van der Waals surface area contributed by atoms with E-state index in [9.17, 15) is 4.39 Å². The Morgan fingerprint density at radius 3 is 2.25 bits per heavy atom. The smallest absolute Gasteiger partial charge is 0.123 e. The first kappa shape index (κ1) is 14.7. The van der Waals surface area contributed by atoms with Crippen molar-refractivity contribution in [2.75, 3.05) is 0 Å². The summed E-state index contributed by atoms with van der Waals surface area (Å²) in [5.74, 6) is -0.220. The third-order valence-electron chi connectivity index (χ3n) is 3.67. The number of rotatable bonds is 2. The highest BCUT2D eigenvalue weighted by atomic mass is 19.1. The molecule has 2 heteroatoms. The Hall–Kier alpha value is -1.67. The Bertz CT molecular complexity index is 611. The van der Waals surface area contributed by atoms with Gasteiger partial charge in [-0.3, -0.25) is 0 Å². The van der Waals surface area contributed by atoms with E-state index in [0.717, 1.165) is 16.7 Å². The molecule has 0 saturated heterocycles. The molecule has 2 N–H and O–H groups in total. The van der Waals surface area contributed by atoms with Crippen molar-refractivity contribution >= 4 is 0 Å². The summed E-state index contributed by atoms with van der Waals surface area (Å²) in [6.45, 7) is 8.43. The predicted octanol–water partition coefficient (Wildman–Crippen LogP) is 4.48. The Labute approximate surface area is 120 Å². The van der Waals surface area contributed by atoms with Crippen molar-refractivity contribution in [2.45, 2.75) is 39.2 Å². The average molecular weight is 271 g/mol. The molecule has 0 aromatic heterocycles. The molecule has 0 radical (unpaired) electrons. The lowest BCUT2D eigenvalue weighted by molar-refractivity contribution is 0.577. The molecule has 0 spiro atoms. The molecule has 0 saturated carbocycles. The van der Waals surface area contributed by atoms with Crippen molar-refractivity contribution in [1.29, 1.82) is 0 Å². The zero-order valence-electron chi connectivity index (χ0n) is 12.6. The maximum Gasteiger partial charge on any atom is 0.123 e. The fourth-order valence-electron chi connectivity index (χ4n) is 2.61. The van der Waals surface area contributed by atoms with E-state index in [4.69, 9.17) is 5.73 Å². The molecule has 0 fully saturated rings. The highest BCUT2D eigenvalue weighted by molar-refractivity contribution is 5.42. The normalized spacial score (nSPS) is 13.3. The van der Waals surface area contributed by atoms with Gasteiger partial charge < -0.3 is 5.73 Å². The third kappa shape index (κ3) is 2.91. The largest absolute Gasteiger partial charge is 0.320 e. The minimum absolute atomic E-state index is 0.0299. The van der Waals surface area contributed by atoms with Crippen LogP contribution >= 0.6 is 0 Å². The van der Waals surface area contributed by atoms with Gasteiger partial charge in [-0.05, 0) is 46.7 Å². The van der Waals surface area contributed by atoms with Crippen LogP contribution in [-0.4, -0.2) is 0 Å². The summed E-state index contributed by atoms with van der Waals surface area (Å²) in [5.41, 5.74) is 10.7. The van der Waals surface area contributed by atoms with Crippen molar-refractivity contribution in [3.63, 3.8) is 0 Å². The van der Waals surface area contributed by atoms with E-state index < -0.39 is 0 Å². The second kappa shape index (κ2) is 5.37. The molecule has 1 unspecified atom stereocenters. The van der Waals surface area contributed by atoms with Crippen LogP contribution in [-0.2, 0) is 5.41 Å². The van der Waals surface area contributed by atoms with Crippen LogP contribution in [0.4, 0.5) is 4.39 Å². The highest BCUT2D eigenvalue weighted by Crippen LogP contribution is 2.32. The lowest BCUT2D eigenvalue weighted by Gasteiger charge is -2.26. The van der Waals surface area contributed by atoms with Crippen LogP contribution in [0.5, 0.6) is 0 Å². The van der Waals surface area contributed by atoms with E-state index >= 15 is 0 Å². The fourth-order valence-corrected chi connectivity index (χ4v) is 2.61. The quantitative estimate of drug-likeness (QED) is 0.856. The zero-order chi connectivity index (χ0) is 14.9. The average Bonchev–Trinajstić information content (AvgIpc) is 2.37. The summed E-state index contributed by atoms with van der Waals surface area (Å²) in [4.78, 5) is 0. The van der Waals surface area contributed by atoms with Crippen molar-refractivity contribution in [3.8, 4) is 0 Å². The predicted molar refractivity (Wildman–Crippen MR) is 82.3 cm³/mol. The van der Waals surface area contributed by atoms with Gasteiger partial charge in [0.15, 0.2) is 0 Å². The monoisotopic (exact) mass is 271 g/mol. The minimum Gasteiger partial charge on any atom is -0.320 e. The molecule has 106 valence electrons. The molecule has 20 heavy (non-hydrogen) atoms. The number of aryl methyl sites for hydroxylation is 1. The lowest BCUT2D eigenvalue weighted by atomic mass is 9.80. The summed E-state index contributed by atoms with van der Waals surface area (Å²) >= 11 is 0. The molecule has 0 aliphatic rings. The molecule has 0 bridgehead atoms. The summed E-state index contributed by atoms with van der Waals surface area (Å²) in [6.07, 6.45) is 0. The molecule has 1 atom stereocenters.